The third kappa shape index (κ3) is 4.98. The fraction of sp³-hybridized carbons (Fsp3) is 0.407. The molecule has 0 aliphatic carbocycles. The van der Waals surface area contributed by atoms with Crippen LogP contribution in [0.1, 0.15) is 30.5 Å². The van der Waals surface area contributed by atoms with Crippen molar-refractivity contribution in [3.05, 3.63) is 59.2 Å². The number of likely N-dealkylation sites (N-methyl/N-ethyl adjacent to an activating group) is 2. The van der Waals surface area contributed by atoms with Crippen LogP contribution in [-0.2, 0) is 9.59 Å². The van der Waals surface area contributed by atoms with E-state index in [0.29, 0.717) is 31.9 Å². The smallest absolute Gasteiger partial charge is 0.295 e. The van der Waals surface area contributed by atoms with Gasteiger partial charge < -0.3 is 29.3 Å². The van der Waals surface area contributed by atoms with Crippen molar-refractivity contribution < 1.29 is 24.2 Å². The third-order valence-corrected chi connectivity index (χ3v) is 6.32. The van der Waals surface area contributed by atoms with Crippen LogP contribution in [-0.4, -0.2) is 80.6 Å². The van der Waals surface area contributed by atoms with Crippen molar-refractivity contribution in [1.29, 1.82) is 0 Å². The topological polar surface area (TPSA) is 82.5 Å². The summed E-state index contributed by atoms with van der Waals surface area (Å²) >= 11 is 0. The van der Waals surface area contributed by atoms with Gasteiger partial charge in [0.2, 0.25) is 0 Å². The van der Waals surface area contributed by atoms with Crippen LogP contribution in [0.25, 0.3) is 5.76 Å². The molecule has 8 nitrogen and oxygen atoms in total. The number of benzene rings is 2. The number of likely N-dealkylation sites (tertiary alicyclic amines) is 1. The van der Waals surface area contributed by atoms with E-state index in [1.54, 1.807) is 23.1 Å². The van der Waals surface area contributed by atoms with Crippen molar-refractivity contribution >= 4 is 23.1 Å². The molecule has 186 valence electrons. The van der Waals surface area contributed by atoms with E-state index < -0.39 is 17.7 Å². The first-order valence-electron chi connectivity index (χ1n) is 12.0. The lowest BCUT2D eigenvalue weighted by molar-refractivity contribution is -0.140. The maximum absolute atomic E-state index is 13.2. The van der Waals surface area contributed by atoms with Crippen LogP contribution in [0, 0.1) is 0 Å². The molecular weight excluding hydrogens is 446 g/mol. The second-order valence-electron chi connectivity index (χ2n) is 9.17. The molecule has 0 spiro atoms. The summed E-state index contributed by atoms with van der Waals surface area (Å²) in [7, 11) is 5.78. The molecule has 8 heteroatoms. The van der Waals surface area contributed by atoms with E-state index >= 15 is 0 Å². The lowest BCUT2D eigenvalue weighted by atomic mass is 9.95. The Balaban J connectivity index is 1.78. The fourth-order valence-corrected chi connectivity index (χ4v) is 4.38. The molecule has 2 aliphatic heterocycles. The zero-order chi connectivity index (χ0) is 25.1. The lowest BCUT2D eigenvalue weighted by Crippen LogP contribution is -2.35. The number of aliphatic hydroxyl groups excluding tert-OH is 1. The predicted molar refractivity (Wildman–Crippen MR) is 135 cm³/mol. The number of amides is 1. The molecule has 2 heterocycles. The maximum Gasteiger partial charge on any atom is 0.295 e. The van der Waals surface area contributed by atoms with Gasteiger partial charge in [-0.3, -0.25) is 9.59 Å². The Hall–Kier alpha value is -3.52. The van der Waals surface area contributed by atoms with Gasteiger partial charge in [-0.25, -0.2) is 0 Å². The Labute approximate surface area is 206 Å². The van der Waals surface area contributed by atoms with E-state index in [1.807, 2.05) is 62.1 Å². The minimum atomic E-state index is -0.694. The van der Waals surface area contributed by atoms with Crippen LogP contribution in [0.4, 0.5) is 5.69 Å². The molecule has 0 saturated carbocycles. The number of rotatable bonds is 8. The number of carbonyl (C=O) groups is 2. The molecule has 1 fully saturated rings. The summed E-state index contributed by atoms with van der Waals surface area (Å²) in [5, 5.41) is 11.4. The molecule has 35 heavy (non-hydrogen) atoms. The van der Waals surface area contributed by atoms with Crippen LogP contribution in [0.2, 0.25) is 0 Å². The molecule has 2 aliphatic rings. The number of ketones is 1. The van der Waals surface area contributed by atoms with Gasteiger partial charge in [-0.15, -0.1) is 0 Å². The number of fused-ring (bicyclic) bond motifs is 1. The molecule has 2 aromatic rings. The SMILES string of the molecule is CCCOc1ccc(C2/C(=C(/O)c3ccc4c(c3)N(C)CCO4)C(=O)C(=O)N2CCN(C)C)cc1. The minimum absolute atomic E-state index is 0.0929. The summed E-state index contributed by atoms with van der Waals surface area (Å²) in [4.78, 5) is 31.9. The summed E-state index contributed by atoms with van der Waals surface area (Å²) in [5.41, 5.74) is 2.14. The van der Waals surface area contributed by atoms with Gasteiger partial charge in [-0.1, -0.05) is 19.1 Å². The molecule has 1 unspecified atom stereocenters. The van der Waals surface area contributed by atoms with E-state index in [4.69, 9.17) is 9.47 Å². The van der Waals surface area contributed by atoms with E-state index in [2.05, 4.69) is 0 Å². The van der Waals surface area contributed by atoms with Crippen molar-refractivity contribution in [3.63, 3.8) is 0 Å². The number of carbonyl (C=O) groups excluding carboxylic acids is 2. The normalized spacial score (nSPS) is 19.2. The highest BCUT2D eigenvalue weighted by Gasteiger charge is 2.46. The van der Waals surface area contributed by atoms with Gasteiger partial charge in [0.25, 0.3) is 11.7 Å². The van der Waals surface area contributed by atoms with Gasteiger partial charge >= 0.3 is 0 Å². The molecule has 1 amide bonds. The molecule has 1 saturated heterocycles. The zero-order valence-electron chi connectivity index (χ0n) is 20.8. The molecule has 0 bridgehead atoms. The van der Waals surface area contributed by atoms with Gasteiger partial charge in [0, 0.05) is 25.7 Å². The van der Waals surface area contributed by atoms with Crippen molar-refractivity contribution in [2.24, 2.45) is 0 Å². The monoisotopic (exact) mass is 479 g/mol. The van der Waals surface area contributed by atoms with Gasteiger partial charge in [0.1, 0.15) is 23.9 Å². The summed E-state index contributed by atoms with van der Waals surface area (Å²) in [6.07, 6.45) is 0.896. The molecule has 1 atom stereocenters. The van der Waals surface area contributed by atoms with Crippen LogP contribution in [0.5, 0.6) is 11.5 Å². The minimum Gasteiger partial charge on any atom is -0.507 e. The van der Waals surface area contributed by atoms with Crippen LogP contribution in [0.3, 0.4) is 0 Å². The molecule has 2 aromatic carbocycles. The van der Waals surface area contributed by atoms with Gasteiger partial charge in [0.15, 0.2) is 0 Å². The lowest BCUT2D eigenvalue weighted by Gasteiger charge is -2.28. The van der Waals surface area contributed by atoms with E-state index in [9.17, 15) is 14.7 Å². The number of Topliss-reactive ketones (excluding diaryl/α,β-unsaturated/α-hetero) is 1. The van der Waals surface area contributed by atoms with Crippen molar-refractivity contribution in [2.75, 3.05) is 58.9 Å². The number of nitrogens with zero attached hydrogens (tertiary/aromatic N) is 3. The third-order valence-electron chi connectivity index (χ3n) is 6.32. The highest BCUT2D eigenvalue weighted by molar-refractivity contribution is 6.46. The highest BCUT2D eigenvalue weighted by Crippen LogP contribution is 2.41. The second-order valence-corrected chi connectivity index (χ2v) is 9.17. The van der Waals surface area contributed by atoms with Gasteiger partial charge in [-0.05, 0) is 56.4 Å². The average molecular weight is 480 g/mol. The van der Waals surface area contributed by atoms with Crippen molar-refractivity contribution in [3.8, 4) is 11.5 Å². The van der Waals surface area contributed by atoms with Crippen molar-refractivity contribution in [1.82, 2.24) is 9.80 Å². The Morgan fingerprint density at radius 2 is 1.91 bits per heavy atom. The van der Waals surface area contributed by atoms with Crippen LogP contribution in [0.15, 0.2) is 48.0 Å². The summed E-state index contributed by atoms with van der Waals surface area (Å²) in [6.45, 7) is 4.90. The zero-order valence-corrected chi connectivity index (χ0v) is 20.8. The Kier molecular flexibility index (Phi) is 7.31. The molecule has 4 rings (SSSR count). The standard InChI is InChI=1S/C27H33N3O5/c1-5-15-34-20-9-6-18(7-10-20)24-23(26(32)27(33)30(24)13-12-28(2)3)25(31)19-8-11-22-21(17-19)29(4)14-16-35-22/h6-11,17,24,31H,5,12-16H2,1-4H3/b25-23-. The van der Waals surface area contributed by atoms with E-state index in [-0.39, 0.29) is 11.3 Å². The second kappa shape index (κ2) is 10.4. The fourth-order valence-electron chi connectivity index (χ4n) is 4.38. The molecule has 1 N–H and O–H groups in total. The first-order valence-corrected chi connectivity index (χ1v) is 12.0. The number of anilines is 1. The van der Waals surface area contributed by atoms with Gasteiger partial charge in [0.05, 0.1) is 30.5 Å². The van der Waals surface area contributed by atoms with E-state index in [1.165, 1.54) is 0 Å². The number of ether oxygens (including phenoxy) is 2. The number of hydrogen-bond acceptors (Lipinski definition) is 7. The van der Waals surface area contributed by atoms with Crippen LogP contribution >= 0.6 is 0 Å². The quantitative estimate of drug-likeness (QED) is 0.353. The Morgan fingerprint density at radius 1 is 1.17 bits per heavy atom. The summed E-state index contributed by atoms with van der Waals surface area (Å²) in [6, 6.07) is 12.0. The van der Waals surface area contributed by atoms with Gasteiger partial charge in [-0.2, -0.15) is 0 Å². The maximum atomic E-state index is 13.2. The van der Waals surface area contributed by atoms with E-state index in [0.717, 1.165) is 35.7 Å². The average Bonchev–Trinajstić information content (AvgIpc) is 3.11. The largest absolute Gasteiger partial charge is 0.507 e. The summed E-state index contributed by atoms with van der Waals surface area (Å²) < 4.78 is 11.4. The molecule has 0 radical (unpaired) electrons. The molecule has 0 aromatic heterocycles. The van der Waals surface area contributed by atoms with Crippen molar-refractivity contribution in [2.45, 2.75) is 19.4 Å². The number of hydrogen-bond donors (Lipinski definition) is 1. The summed E-state index contributed by atoms with van der Waals surface area (Å²) in [5.74, 6) is -0.0312. The predicted octanol–water partition coefficient (Wildman–Crippen LogP) is 3.29. The first-order chi connectivity index (χ1) is 16.8. The Bertz CT molecular complexity index is 1130. The first kappa shape index (κ1) is 24.6. The molecular formula is C27H33N3O5. The number of aliphatic hydroxyl groups is 1. The Morgan fingerprint density at radius 3 is 2.60 bits per heavy atom. The van der Waals surface area contributed by atoms with Crippen LogP contribution < -0.4 is 14.4 Å². The highest BCUT2D eigenvalue weighted by atomic mass is 16.5.